The first-order valence-electron chi connectivity index (χ1n) is 15.7. The van der Waals surface area contributed by atoms with Crippen LogP contribution >= 0.6 is 0 Å². The number of sulfonamides is 1. The van der Waals surface area contributed by atoms with Gasteiger partial charge in [-0.1, -0.05) is 67.1 Å². The second-order valence-corrected chi connectivity index (χ2v) is 13.3. The van der Waals surface area contributed by atoms with Gasteiger partial charge >= 0.3 is 0 Å². The Bertz CT molecular complexity index is 1730. The monoisotopic (exact) mass is 659 g/mol. The van der Waals surface area contributed by atoms with Crippen molar-refractivity contribution in [3.63, 3.8) is 0 Å². The molecule has 2 amide bonds. The summed E-state index contributed by atoms with van der Waals surface area (Å²) in [5, 5.41) is 3.03. The summed E-state index contributed by atoms with van der Waals surface area (Å²) < 4.78 is 48.8. The number of nitrogens with zero attached hydrogens (tertiary/aromatic N) is 2. The molecule has 4 aromatic carbocycles. The minimum atomic E-state index is -4.33. The van der Waals surface area contributed by atoms with Crippen LogP contribution in [0.2, 0.25) is 0 Å². The summed E-state index contributed by atoms with van der Waals surface area (Å²) in [4.78, 5) is 29.8. The lowest BCUT2D eigenvalue weighted by molar-refractivity contribution is -0.140. The Morgan fingerprint density at radius 1 is 0.872 bits per heavy atom. The van der Waals surface area contributed by atoms with Crippen LogP contribution < -0.4 is 14.4 Å². The maximum atomic E-state index is 14.5. The second-order valence-electron chi connectivity index (χ2n) is 11.4. The third kappa shape index (κ3) is 9.42. The number of hydrogen-bond donors (Lipinski definition) is 1. The van der Waals surface area contributed by atoms with Crippen LogP contribution in [0.15, 0.2) is 108 Å². The molecule has 0 aliphatic carbocycles. The molecule has 0 radical (unpaired) electrons. The fraction of sp³-hybridized carbons (Fsp3) is 0.297. The van der Waals surface area contributed by atoms with E-state index < -0.39 is 34.3 Å². The van der Waals surface area contributed by atoms with Crippen LogP contribution in [-0.2, 0) is 32.6 Å². The topological polar surface area (TPSA) is 96.0 Å². The first kappa shape index (κ1) is 35.2. The number of benzene rings is 4. The molecule has 0 bridgehead atoms. The van der Waals surface area contributed by atoms with Gasteiger partial charge in [0, 0.05) is 19.0 Å². The minimum Gasteiger partial charge on any atom is -0.494 e. The summed E-state index contributed by atoms with van der Waals surface area (Å²) in [6.45, 7) is 7.45. The number of halogens is 1. The molecule has 10 heteroatoms. The highest BCUT2D eigenvalue weighted by atomic mass is 32.2. The summed E-state index contributed by atoms with van der Waals surface area (Å²) in [7, 11) is -4.33. The lowest BCUT2D eigenvalue weighted by Crippen LogP contribution is -2.54. The van der Waals surface area contributed by atoms with Crippen molar-refractivity contribution in [3.8, 4) is 5.75 Å². The van der Waals surface area contributed by atoms with Crippen molar-refractivity contribution in [3.05, 3.63) is 126 Å². The van der Waals surface area contributed by atoms with Crippen molar-refractivity contribution in [2.75, 3.05) is 17.5 Å². The van der Waals surface area contributed by atoms with E-state index in [1.807, 2.05) is 82.3 Å². The molecule has 0 spiro atoms. The predicted molar refractivity (Wildman–Crippen MR) is 182 cm³/mol. The predicted octanol–water partition coefficient (Wildman–Crippen LogP) is 6.28. The van der Waals surface area contributed by atoms with Gasteiger partial charge in [-0.2, -0.15) is 0 Å². The zero-order valence-corrected chi connectivity index (χ0v) is 28.0. The van der Waals surface area contributed by atoms with Gasteiger partial charge in [0.05, 0.1) is 17.2 Å². The van der Waals surface area contributed by atoms with Crippen molar-refractivity contribution in [1.29, 1.82) is 0 Å². The van der Waals surface area contributed by atoms with Crippen molar-refractivity contribution < 1.29 is 27.1 Å². The Hall–Kier alpha value is -4.70. The molecule has 2 atom stereocenters. The molecule has 4 rings (SSSR count). The van der Waals surface area contributed by atoms with Gasteiger partial charge in [0.15, 0.2) is 0 Å². The average Bonchev–Trinajstić information content (AvgIpc) is 3.06. The van der Waals surface area contributed by atoms with Gasteiger partial charge in [-0.15, -0.1) is 0 Å². The molecule has 8 nitrogen and oxygen atoms in total. The van der Waals surface area contributed by atoms with E-state index in [2.05, 4.69) is 5.32 Å². The molecule has 1 N–H and O–H groups in total. The zero-order valence-electron chi connectivity index (χ0n) is 27.2. The normalized spacial score (nSPS) is 12.5. The highest BCUT2D eigenvalue weighted by Crippen LogP contribution is 2.27. The van der Waals surface area contributed by atoms with E-state index >= 15 is 0 Å². The van der Waals surface area contributed by atoms with Crippen LogP contribution in [-0.4, -0.2) is 50.4 Å². The molecule has 0 saturated heterocycles. The van der Waals surface area contributed by atoms with Crippen LogP contribution in [0.25, 0.3) is 0 Å². The van der Waals surface area contributed by atoms with Gasteiger partial charge in [-0.25, -0.2) is 12.8 Å². The lowest BCUT2D eigenvalue weighted by atomic mass is 10.0. The maximum Gasteiger partial charge on any atom is 0.264 e. The summed E-state index contributed by atoms with van der Waals surface area (Å²) in [5.41, 5.74) is 2.71. The Morgan fingerprint density at radius 2 is 1.53 bits per heavy atom. The molecule has 0 saturated carbocycles. The first-order chi connectivity index (χ1) is 22.5. The number of hydrogen-bond acceptors (Lipinski definition) is 5. The number of amides is 2. The zero-order chi connectivity index (χ0) is 34.0. The smallest absolute Gasteiger partial charge is 0.264 e. The van der Waals surface area contributed by atoms with Crippen molar-refractivity contribution in [2.45, 2.75) is 64.1 Å². The first-order valence-corrected chi connectivity index (χ1v) is 17.2. The number of ether oxygens (including phenoxy) is 1. The van der Waals surface area contributed by atoms with E-state index in [1.54, 1.807) is 12.1 Å². The summed E-state index contributed by atoms with van der Waals surface area (Å²) in [6.07, 6.45) is 0.900. The van der Waals surface area contributed by atoms with Gasteiger partial charge in [0.2, 0.25) is 11.8 Å². The van der Waals surface area contributed by atoms with E-state index in [-0.39, 0.29) is 35.5 Å². The molecule has 0 aliphatic rings. The fourth-order valence-electron chi connectivity index (χ4n) is 5.14. The van der Waals surface area contributed by atoms with Gasteiger partial charge in [0.25, 0.3) is 10.0 Å². The molecular formula is C37H42FN3O5S. The Kier molecular flexibility index (Phi) is 12.1. The standard InChI is InChI=1S/C37H42FN3O5S/c1-5-28(4)39-37(43)35(24-29-12-8-7-9-13-29)40(25-30-14-10-11-27(3)23-30)36(42)26-41(32-17-15-31(38)16-18-32)47(44,45)34-21-19-33(20-22-34)46-6-2/h7-23,28,35H,5-6,24-26H2,1-4H3,(H,39,43). The Labute approximate surface area is 277 Å². The maximum absolute atomic E-state index is 14.5. The molecular weight excluding hydrogens is 617 g/mol. The quantitative estimate of drug-likeness (QED) is 0.162. The third-order valence-electron chi connectivity index (χ3n) is 7.82. The van der Waals surface area contributed by atoms with Crippen LogP contribution in [0.3, 0.4) is 0 Å². The lowest BCUT2D eigenvalue weighted by Gasteiger charge is -2.34. The van der Waals surface area contributed by atoms with Crippen LogP contribution in [0, 0.1) is 12.7 Å². The number of carbonyl (C=O) groups is 2. The highest BCUT2D eigenvalue weighted by Gasteiger charge is 2.35. The molecule has 0 fully saturated rings. The minimum absolute atomic E-state index is 0.0618. The van der Waals surface area contributed by atoms with E-state index in [0.29, 0.717) is 18.8 Å². The SMILES string of the molecule is CCOc1ccc(S(=O)(=O)N(CC(=O)N(Cc2cccc(C)c2)C(Cc2ccccc2)C(=O)NC(C)CC)c2ccc(F)cc2)cc1. The van der Waals surface area contributed by atoms with E-state index in [9.17, 15) is 22.4 Å². The van der Waals surface area contributed by atoms with E-state index in [4.69, 9.17) is 4.74 Å². The molecule has 47 heavy (non-hydrogen) atoms. The summed E-state index contributed by atoms with van der Waals surface area (Å²) in [6, 6.07) is 26.7. The van der Waals surface area contributed by atoms with Crippen LogP contribution in [0.5, 0.6) is 5.75 Å². The third-order valence-corrected chi connectivity index (χ3v) is 9.61. The fourth-order valence-corrected chi connectivity index (χ4v) is 6.55. The Morgan fingerprint density at radius 3 is 2.15 bits per heavy atom. The summed E-state index contributed by atoms with van der Waals surface area (Å²) >= 11 is 0. The number of carbonyl (C=O) groups excluding carboxylic acids is 2. The van der Waals surface area contributed by atoms with Crippen LogP contribution in [0.4, 0.5) is 10.1 Å². The van der Waals surface area contributed by atoms with Crippen molar-refractivity contribution >= 4 is 27.5 Å². The van der Waals surface area contributed by atoms with Gasteiger partial charge in [-0.05, 0) is 86.8 Å². The number of rotatable bonds is 15. The van der Waals surface area contributed by atoms with Gasteiger partial charge < -0.3 is 15.0 Å². The molecule has 0 aliphatic heterocycles. The molecule has 248 valence electrons. The second kappa shape index (κ2) is 16.2. The molecule has 0 heterocycles. The number of aryl methyl sites for hydroxylation is 1. The molecule has 2 unspecified atom stereocenters. The highest BCUT2D eigenvalue weighted by molar-refractivity contribution is 7.92. The van der Waals surface area contributed by atoms with Crippen molar-refractivity contribution in [2.24, 2.45) is 0 Å². The Balaban J connectivity index is 1.80. The van der Waals surface area contributed by atoms with E-state index in [1.165, 1.54) is 29.2 Å². The molecule has 4 aromatic rings. The van der Waals surface area contributed by atoms with Gasteiger partial charge in [0.1, 0.15) is 24.2 Å². The summed E-state index contributed by atoms with van der Waals surface area (Å²) in [5.74, 6) is -0.988. The van der Waals surface area contributed by atoms with Crippen molar-refractivity contribution in [1.82, 2.24) is 10.2 Å². The van der Waals surface area contributed by atoms with Gasteiger partial charge in [-0.3, -0.25) is 13.9 Å². The number of anilines is 1. The number of nitrogens with one attached hydrogen (secondary N) is 1. The average molecular weight is 660 g/mol. The van der Waals surface area contributed by atoms with E-state index in [0.717, 1.165) is 33.1 Å². The largest absolute Gasteiger partial charge is 0.494 e. The van der Waals surface area contributed by atoms with Crippen LogP contribution in [0.1, 0.15) is 43.9 Å². The molecule has 0 aromatic heterocycles.